The first-order chi connectivity index (χ1) is 7.44. The van der Waals surface area contributed by atoms with Crippen LogP contribution < -0.4 is 5.32 Å². The van der Waals surface area contributed by atoms with Crippen molar-refractivity contribution in [2.24, 2.45) is 5.41 Å². The summed E-state index contributed by atoms with van der Waals surface area (Å²) in [5, 5.41) is 21.4. The molecule has 4 heteroatoms. The van der Waals surface area contributed by atoms with Crippen LogP contribution in [0.4, 0.5) is 0 Å². The summed E-state index contributed by atoms with van der Waals surface area (Å²) in [6, 6.07) is 7.60. The minimum Gasteiger partial charge on any atom is -0.507 e. The number of halogens is 1. The predicted octanol–water partition coefficient (Wildman–Crippen LogP) is 2.79. The Hall–Kier alpha value is -1.05. The Bertz CT molecular complexity index is 410. The molecule has 0 bridgehead atoms. The SMILES string of the molecule is CC(C)(C#N)CNCc1ccc(O)c(Br)c1. The van der Waals surface area contributed by atoms with Gasteiger partial charge in [-0.25, -0.2) is 0 Å². The molecule has 2 N–H and O–H groups in total. The molecule has 16 heavy (non-hydrogen) atoms. The molecule has 0 saturated carbocycles. The first-order valence-corrected chi connectivity index (χ1v) is 5.83. The highest BCUT2D eigenvalue weighted by Crippen LogP contribution is 2.24. The van der Waals surface area contributed by atoms with Gasteiger partial charge in [-0.15, -0.1) is 0 Å². The monoisotopic (exact) mass is 282 g/mol. The number of hydrogen-bond acceptors (Lipinski definition) is 3. The van der Waals surface area contributed by atoms with Gasteiger partial charge in [0.1, 0.15) is 5.75 Å². The van der Waals surface area contributed by atoms with Crippen molar-refractivity contribution in [2.75, 3.05) is 6.54 Å². The first-order valence-electron chi connectivity index (χ1n) is 5.04. The molecule has 0 aliphatic carbocycles. The van der Waals surface area contributed by atoms with E-state index in [1.807, 2.05) is 26.0 Å². The molecule has 0 aromatic heterocycles. The summed E-state index contributed by atoms with van der Waals surface area (Å²) in [5.41, 5.74) is 0.715. The summed E-state index contributed by atoms with van der Waals surface area (Å²) in [4.78, 5) is 0. The average molecular weight is 283 g/mol. The van der Waals surface area contributed by atoms with Crippen molar-refractivity contribution in [2.45, 2.75) is 20.4 Å². The molecule has 0 heterocycles. The van der Waals surface area contributed by atoms with Gasteiger partial charge in [0.25, 0.3) is 0 Å². The number of rotatable bonds is 4. The molecular formula is C12H15BrN2O. The van der Waals surface area contributed by atoms with Crippen molar-refractivity contribution in [1.82, 2.24) is 5.32 Å². The van der Waals surface area contributed by atoms with Crippen LogP contribution in [0.5, 0.6) is 5.75 Å². The summed E-state index contributed by atoms with van der Waals surface area (Å²) in [5.74, 6) is 0.237. The standard InChI is InChI=1S/C12H15BrN2O/c1-12(2,7-14)8-15-6-9-3-4-11(16)10(13)5-9/h3-5,15-16H,6,8H2,1-2H3. The normalized spacial score (nSPS) is 11.1. The Morgan fingerprint density at radius 3 is 2.75 bits per heavy atom. The minimum absolute atomic E-state index is 0.237. The molecule has 0 unspecified atom stereocenters. The maximum atomic E-state index is 9.33. The van der Waals surface area contributed by atoms with Crippen LogP contribution in [0.1, 0.15) is 19.4 Å². The summed E-state index contributed by atoms with van der Waals surface area (Å²) < 4.78 is 0.686. The van der Waals surface area contributed by atoms with E-state index in [0.29, 0.717) is 17.6 Å². The average Bonchev–Trinajstić information content (AvgIpc) is 2.23. The fourth-order valence-corrected chi connectivity index (χ4v) is 1.65. The van der Waals surface area contributed by atoms with Crippen molar-refractivity contribution in [1.29, 1.82) is 5.26 Å². The highest BCUT2D eigenvalue weighted by Gasteiger charge is 2.15. The van der Waals surface area contributed by atoms with E-state index in [0.717, 1.165) is 5.56 Å². The number of aromatic hydroxyl groups is 1. The Kier molecular flexibility index (Phi) is 4.34. The number of phenols is 1. The van der Waals surface area contributed by atoms with E-state index in [1.165, 1.54) is 0 Å². The zero-order chi connectivity index (χ0) is 12.2. The molecule has 3 nitrogen and oxygen atoms in total. The van der Waals surface area contributed by atoms with Gasteiger partial charge >= 0.3 is 0 Å². The lowest BCUT2D eigenvalue weighted by Gasteiger charge is -2.15. The first kappa shape index (κ1) is 13.0. The van der Waals surface area contributed by atoms with E-state index >= 15 is 0 Å². The molecule has 0 spiro atoms. The largest absolute Gasteiger partial charge is 0.507 e. The zero-order valence-corrected chi connectivity index (χ0v) is 11.0. The quantitative estimate of drug-likeness (QED) is 0.893. The minimum atomic E-state index is -0.353. The van der Waals surface area contributed by atoms with Crippen LogP contribution in [-0.2, 0) is 6.54 Å². The van der Waals surface area contributed by atoms with Gasteiger partial charge in [0, 0.05) is 13.1 Å². The van der Waals surface area contributed by atoms with E-state index in [1.54, 1.807) is 6.07 Å². The van der Waals surface area contributed by atoms with Crippen LogP contribution in [0, 0.1) is 16.7 Å². The van der Waals surface area contributed by atoms with Gasteiger partial charge in [-0.1, -0.05) is 6.07 Å². The molecular weight excluding hydrogens is 268 g/mol. The molecule has 86 valence electrons. The van der Waals surface area contributed by atoms with Crippen LogP contribution in [0.2, 0.25) is 0 Å². The molecule has 0 atom stereocenters. The maximum Gasteiger partial charge on any atom is 0.129 e. The fraction of sp³-hybridized carbons (Fsp3) is 0.417. The number of benzene rings is 1. The molecule has 0 radical (unpaired) electrons. The molecule has 0 amide bonds. The second kappa shape index (κ2) is 5.33. The molecule has 0 aliphatic rings. The Morgan fingerprint density at radius 2 is 2.19 bits per heavy atom. The third-order valence-electron chi connectivity index (χ3n) is 2.21. The van der Waals surface area contributed by atoms with Gasteiger partial charge < -0.3 is 10.4 Å². The van der Waals surface area contributed by atoms with E-state index in [-0.39, 0.29) is 11.2 Å². The zero-order valence-electron chi connectivity index (χ0n) is 9.42. The summed E-state index contributed by atoms with van der Waals surface area (Å²) >= 11 is 3.26. The number of nitrogens with one attached hydrogen (secondary N) is 1. The van der Waals surface area contributed by atoms with E-state index in [4.69, 9.17) is 5.26 Å². The highest BCUT2D eigenvalue weighted by atomic mass is 79.9. The Balaban J connectivity index is 2.50. The van der Waals surface area contributed by atoms with E-state index < -0.39 is 0 Å². The van der Waals surface area contributed by atoms with Crippen LogP contribution in [0.25, 0.3) is 0 Å². The number of phenolic OH excluding ortho intramolecular Hbond substituents is 1. The third kappa shape index (κ3) is 3.84. The second-order valence-electron chi connectivity index (χ2n) is 4.39. The molecule has 1 rings (SSSR count). The van der Waals surface area contributed by atoms with Crippen molar-refractivity contribution < 1.29 is 5.11 Å². The molecule has 1 aromatic carbocycles. The summed E-state index contributed by atoms with van der Waals surface area (Å²) in [7, 11) is 0. The third-order valence-corrected chi connectivity index (χ3v) is 2.85. The van der Waals surface area contributed by atoms with Crippen molar-refractivity contribution in [3.63, 3.8) is 0 Å². The van der Waals surface area contributed by atoms with Gasteiger partial charge in [0.2, 0.25) is 0 Å². The number of nitrogens with zero attached hydrogens (tertiary/aromatic N) is 1. The van der Waals surface area contributed by atoms with Crippen molar-refractivity contribution in [3.05, 3.63) is 28.2 Å². The number of hydrogen-bond donors (Lipinski definition) is 2. The lowest BCUT2D eigenvalue weighted by atomic mass is 9.96. The lowest BCUT2D eigenvalue weighted by Crippen LogP contribution is -2.27. The van der Waals surface area contributed by atoms with Crippen LogP contribution >= 0.6 is 15.9 Å². The Labute approximate surface area is 104 Å². The summed E-state index contributed by atoms with van der Waals surface area (Å²) in [6.45, 7) is 5.12. The smallest absolute Gasteiger partial charge is 0.129 e. The Morgan fingerprint density at radius 1 is 1.50 bits per heavy atom. The lowest BCUT2D eigenvalue weighted by molar-refractivity contribution is 0.444. The molecule has 0 aliphatic heterocycles. The fourth-order valence-electron chi connectivity index (χ4n) is 1.22. The number of nitriles is 1. The van der Waals surface area contributed by atoms with Crippen LogP contribution in [0.3, 0.4) is 0 Å². The second-order valence-corrected chi connectivity index (χ2v) is 5.24. The molecule has 0 fully saturated rings. The van der Waals surface area contributed by atoms with Gasteiger partial charge in [-0.05, 0) is 47.5 Å². The molecule has 0 saturated heterocycles. The van der Waals surface area contributed by atoms with Crippen LogP contribution in [0.15, 0.2) is 22.7 Å². The van der Waals surface area contributed by atoms with Gasteiger partial charge in [0.05, 0.1) is 16.0 Å². The highest BCUT2D eigenvalue weighted by molar-refractivity contribution is 9.10. The van der Waals surface area contributed by atoms with E-state index in [2.05, 4.69) is 27.3 Å². The maximum absolute atomic E-state index is 9.33. The van der Waals surface area contributed by atoms with Gasteiger partial charge in [-0.3, -0.25) is 0 Å². The van der Waals surface area contributed by atoms with Gasteiger partial charge in [0.15, 0.2) is 0 Å². The van der Waals surface area contributed by atoms with Crippen molar-refractivity contribution >= 4 is 15.9 Å². The molecule has 1 aromatic rings. The van der Waals surface area contributed by atoms with E-state index in [9.17, 15) is 5.11 Å². The topological polar surface area (TPSA) is 56.0 Å². The van der Waals surface area contributed by atoms with Gasteiger partial charge in [-0.2, -0.15) is 5.26 Å². The van der Waals surface area contributed by atoms with Crippen molar-refractivity contribution in [3.8, 4) is 11.8 Å². The summed E-state index contributed by atoms with van der Waals surface area (Å²) in [6.07, 6.45) is 0. The van der Waals surface area contributed by atoms with Crippen LogP contribution in [-0.4, -0.2) is 11.7 Å². The predicted molar refractivity (Wildman–Crippen MR) is 66.9 cm³/mol.